The van der Waals surface area contributed by atoms with Gasteiger partial charge in [0.25, 0.3) is 0 Å². The van der Waals surface area contributed by atoms with Gasteiger partial charge in [0.05, 0.1) is 11.3 Å². The van der Waals surface area contributed by atoms with Crippen LogP contribution in [0.5, 0.6) is 0 Å². The zero-order chi connectivity index (χ0) is 10.4. The summed E-state index contributed by atoms with van der Waals surface area (Å²) >= 11 is 3.28. The first-order valence-electron chi connectivity index (χ1n) is 4.65. The van der Waals surface area contributed by atoms with Crippen molar-refractivity contribution in [1.82, 2.24) is 4.98 Å². The summed E-state index contributed by atoms with van der Waals surface area (Å²) in [6.45, 7) is 4.33. The van der Waals surface area contributed by atoms with E-state index in [1.54, 1.807) is 34.8 Å². The highest BCUT2D eigenvalue weighted by Crippen LogP contribution is 2.11. The lowest BCUT2D eigenvalue weighted by molar-refractivity contribution is -0.115. The molecule has 1 heterocycles. The van der Waals surface area contributed by atoms with Crippen LogP contribution in [-0.2, 0) is 11.2 Å². The maximum atomic E-state index is 11.4. The molecule has 0 aliphatic rings. The van der Waals surface area contributed by atoms with Crippen LogP contribution in [0.25, 0.3) is 0 Å². The lowest BCUT2D eigenvalue weighted by atomic mass is 10.3. The van der Waals surface area contributed by atoms with Crippen LogP contribution in [0, 0.1) is 5.92 Å². The van der Waals surface area contributed by atoms with Gasteiger partial charge in [-0.05, 0) is 11.7 Å². The highest BCUT2D eigenvalue weighted by atomic mass is 32.2. The van der Waals surface area contributed by atoms with Crippen LogP contribution in [0.1, 0.15) is 18.7 Å². The Hall–Kier alpha value is -0.350. The van der Waals surface area contributed by atoms with Crippen LogP contribution in [-0.4, -0.2) is 22.3 Å². The van der Waals surface area contributed by atoms with Gasteiger partial charge in [-0.15, -0.1) is 11.3 Å². The summed E-state index contributed by atoms with van der Waals surface area (Å²) in [7, 11) is 0. The molecule has 0 aromatic carbocycles. The van der Waals surface area contributed by atoms with E-state index < -0.39 is 0 Å². The van der Waals surface area contributed by atoms with E-state index in [2.05, 4.69) is 18.8 Å². The number of thioether (sulfide) groups is 1. The van der Waals surface area contributed by atoms with Gasteiger partial charge in [-0.25, -0.2) is 0 Å². The van der Waals surface area contributed by atoms with E-state index in [0.717, 1.165) is 10.6 Å². The first-order chi connectivity index (χ1) is 6.68. The van der Waals surface area contributed by atoms with Crippen molar-refractivity contribution in [1.29, 1.82) is 0 Å². The van der Waals surface area contributed by atoms with Gasteiger partial charge in [0.1, 0.15) is 5.78 Å². The van der Waals surface area contributed by atoms with Gasteiger partial charge in [0.2, 0.25) is 0 Å². The predicted octanol–water partition coefficient (Wildman–Crippen LogP) is 2.64. The molecular weight excluding hydrogens is 214 g/mol. The largest absolute Gasteiger partial charge is 0.298 e. The van der Waals surface area contributed by atoms with Crippen molar-refractivity contribution >= 4 is 28.9 Å². The molecule has 0 bridgehead atoms. The number of Topliss-reactive ketones (excluding diaryl/α,β-unsaturated/α-hetero) is 1. The molecule has 78 valence electrons. The molecule has 0 amide bonds. The quantitative estimate of drug-likeness (QED) is 0.751. The molecule has 0 fully saturated rings. The number of ketones is 1. The molecule has 0 radical (unpaired) electrons. The van der Waals surface area contributed by atoms with Crippen molar-refractivity contribution in [3.8, 4) is 0 Å². The Labute approximate surface area is 93.1 Å². The number of thiazole rings is 1. The number of carbonyl (C=O) groups excluding carboxylic acids is 1. The SMILES string of the molecule is CC(C)CSCC(=O)Cc1cncs1. The number of hydrogen-bond donors (Lipinski definition) is 0. The summed E-state index contributed by atoms with van der Waals surface area (Å²) in [5, 5.41) is 0. The fourth-order valence-electron chi connectivity index (χ4n) is 0.983. The van der Waals surface area contributed by atoms with Crippen molar-refractivity contribution in [2.24, 2.45) is 5.92 Å². The second kappa shape index (κ2) is 6.19. The maximum absolute atomic E-state index is 11.4. The Morgan fingerprint density at radius 1 is 1.64 bits per heavy atom. The molecule has 0 saturated carbocycles. The summed E-state index contributed by atoms with van der Waals surface area (Å²) in [5.74, 6) is 2.67. The second-order valence-electron chi connectivity index (χ2n) is 3.59. The molecule has 0 aliphatic heterocycles. The standard InChI is InChI=1S/C10H15NOS2/c1-8(2)5-13-6-9(12)3-10-4-11-7-14-10/h4,7-8H,3,5-6H2,1-2H3. The van der Waals surface area contributed by atoms with Crippen molar-refractivity contribution in [2.75, 3.05) is 11.5 Å². The topological polar surface area (TPSA) is 30.0 Å². The lowest BCUT2D eigenvalue weighted by Gasteiger charge is -2.02. The first-order valence-corrected chi connectivity index (χ1v) is 6.68. The van der Waals surface area contributed by atoms with Gasteiger partial charge in [-0.1, -0.05) is 13.8 Å². The number of nitrogens with zero attached hydrogens (tertiary/aromatic N) is 1. The maximum Gasteiger partial charge on any atom is 0.147 e. The van der Waals surface area contributed by atoms with Crippen LogP contribution in [0.15, 0.2) is 11.7 Å². The Bertz CT molecular complexity index is 270. The van der Waals surface area contributed by atoms with E-state index in [0.29, 0.717) is 23.9 Å². The molecule has 2 nitrogen and oxygen atoms in total. The van der Waals surface area contributed by atoms with Crippen LogP contribution >= 0.6 is 23.1 Å². The van der Waals surface area contributed by atoms with Crippen molar-refractivity contribution in [3.05, 3.63) is 16.6 Å². The van der Waals surface area contributed by atoms with E-state index in [1.165, 1.54) is 0 Å². The monoisotopic (exact) mass is 229 g/mol. The van der Waals surface area contributed by atoms with Gasteiger partial charge in [-0.3, -0.25) is 9.78 Å². The third kappa shape index (κ3) is 4.77. The van der Waals surface area contributed by atoms with E-state index in [4.69, 9.17) is 0 Å². The van der Waals surface area contributed by atoms with E-state index in [1.807, 2.05) is 0 Å². The van der Waals surface area contributed by atoms with Gasteiger partial charge in [0, 0.05) is 17.5 Å². The Balaban J connectivity index is 2.17. The van der Waals surface area contributed by atoms with Gasteiger partial charge < -0.3 is 0 Å². The molecule has 4 heteroatoms. The van der Waals surface area contributed by atoms with Crippen LogP contribution in [0.3, 0.4) is 0 Å². The average molecular weight is 229 g/mol. The Morgan fingerprint density at radius 2 is 2.43 bits per heavy atom. The molecule has 0 aliphatic carbocycles. The Kier molecular flexibility index (Phi) is 5.19. The molecule has 1 rings (SSSR count). The summed E-state index contributed by atoms with van der Waals surface area (Å²) in [5.41, 5.74) is 1.77. The molecule has 0 saturated heterocycles. The van der Waals surface area contributed by atoms with E-state index >= 15 is 0 Å². The fourth-order valence-corrected chi connectivity index (χ4v) is 2.53. The molecular formula is C10H15NOS2. The third-order valence-electron chi connectivity index (χ3n) is 1.57. The highest BCUT2D eigenvalue weighted by molar-refractivity contribution is 7.99. The van der Waals surface area contributed by atoms with Gasteiger partial charge in [-0.2, -0.15) is 11.8 Å². The molecule has 0 N–H and O–H groups in total. The highest BCUT2D eigenvalue weighted by Gasteiger charge is 2.05. The van der Waals surface area contributed by atoms with Crippen molar-refractivity contribution < 1.29 is 4.79 Å². The minimum absolute atomic E-state index is 0.305. The minimum atomic E-state index is 0.305. The molecule has 14 heavy (non-hydrogen) atoms. The second-order valence-corrected chi connectivity index (χ2v) is 5.59. The van der Waals surface area contributed by atoms with Crippen LogP contribution in [0.4, 0.5) is 0 Å². The minimum Gasteiger partial charge on any atom is -0.298 e. The normalized spacial score (nSPS) is 10.8. The van der Waals surface area contributed by atoms with Crippen molar-refractivity contribution in [3.63, 3.8) is 0 Å². The zero-order valence-electron chi connectivity index (χ0n) is 8.53. The zero-order valence-corrected chi connectivity index (χ0v) is 10.2. The van der Waals surface area contributed by atoms with Crippen LogP contribution < -0.4 is 0 Å². The molecule has 0 unspecified atom stereocenters. The first kappa shape index (κ1) is 11.7. The average Bonchev–Trinajstić information content (AvgIpc) is 2.56. The summed E-state index contributed by atoms with van der Waals surface area (Å²) in [6.07, 6.45) is 2.32. The van der Waals surface area contributed by atoms with Crippen molar-refractivity contribution in [2.45, 2.75) is 20.3 Å². The smallest absolute Gasteiger partial charge is 0.147 e. The number of aromatic nitrogens is 1. The Morgan fingerprint density at radius 3 is 3.00 bits per heavy atom. The van der Waals surface area contributed by atoms with Crippen LogP contribution in [0.2, 0.25) is 0 Å². The van der Waals surface area contributed by atoms with Gasteiger partial charge in [0.15, 0.2) is 0 Å². The molecule has 1 aromatic rings. The predicted molar refractivity (Wildman–Crippen MR) is 63.0 cm³/mol. The van der Waals surface area contributed by atoms with Gasteiger partial charge >= 0.3 is 0 Å². The summed E-state index contributed by atoms with van der Waals surface area (Å²) < 4.78 is 0. The number of carbonyl (C=O) groups is 1. The fraction of sp³-hybridized carbons (Fsp3) is 0.600. The van der Waals surface area contributed by atoms with E-state index in [9.17, 15) is 4.79 Å². The summed E-state index contributed by atoms with van der Waals surface area (Å²) in [6, 6.07) is 0. The van der Waals surface area contributed by atoms with E-state index in [-0.39, 0.29) is 0 Å². The number of rotatable bonds is 6. The molecule has 1 aromatic heterocycles. The lowest BCUT2D eigenvalue weighted by Crippen LogP contribution is -2.06. The molecule has 0 atom stereocenters. The molecule has 0 spiro atoms. The summed E-state index contributed by atoms with van der Waals surface area (Å²) in [4.78, 5) is 16.5. The number of hydrogen-bond acceptors (Lipinski definition) is 4. The third-order valence-corrected chi connectivity index (χ3v) is 3.78.